The molecule has 97 heavy (non-hydrogen) atoms. The topological polar surface area (TPSA) is 113 Å². The first-order chi connectivity index (χ1) is 46.9. The maximum absolute atomic E-state index is 4.44. The van der Waals surface area contributed by atoms with Crippen LogP contribution in [0.5, 0.6) is 0 Å². The molecule has 7 aliphatic heterocycles. The van der Waals surface area contributed by atoms with Crippen LogP contribution in [0.2, 0.25) is 0 Å². The molecule has 0 unspecified atom stereocenters. The second kappa shape index (κ2) is 45.4. The fraction of sp³-hybridized carbons (Fsp3) is 0.578. The van der Waals surface area contributed by atoms with E-state index in [1.165, 1.54) is 293 Å². The predicted molar refractivity (Wildman–Crippen MR) is 406 cm³/mol. The van der Waals surface area contributed by atoms with Crippen molar-refractivity contribution in [1.82, 2.24) is 69.2 Å². The Labute approximate surface area is 588 Å². The van der Waals surface area contributed by atoms with Crippen molar-refractivity contribution in [3.8, 4) is 0 Å². The van der Waals surface area contributed by atoms with E-state index >= 15 is 0 Å². The molecule has 7 saturated heterocycles. The molecule has 14 heterocycles. The molecule has 0 amide bonds. The van der Waals surface area contributed by atoms with Gasteiger partial charge in [-0.1, -0.05) is 56.3 Å². The van der Waals surface area contributed by atoms with Gasteiger partial charge in [0.2, 0.25) is 0 Å². The van der Waals surface area contributed by atoms with Crippen molar-refractivity contribution < 1.29 is 0 Å². The lowest BCUT2D eigenvalue weighted by atomic mass is 10.1. The van der Waals surface area contributed by atoms with E-state index in [-0.39, 0.29) is 7.43 Å². The fourth-order valence-electron chi connectivity index (χ4n) is 12.5. The smallest absolute Gasteiger partial charge is 0.0416 e. The summed E-state index contributed by atoms with van der Waals surface area (Å²) in [5.74, 6) is 0. The number of likely N-dealkylation sites (tertiary alicyclic amines) is 6. The highest BCUT2D eigenvalue weighted by molar-refractivity contribution is 5.17. The van der Waals surface area contributed by atoms with E-state index in [1.54, 1.807) is 0 Å². The van der Waals surface area contributed by atoms with Crippen LogP contribution in [0, 0.1) is 48.5 Å². The Kier molecular flexibility index (Phi) is 36.6. The second-order valence-electron chi connectivity index (χ2n) is 28.2. The molecule has 0 saturated carbocycles. The first-order valence-corrected chi connectivity index (χ1v) is 37.4. The van der Waals surface area contributed by atoms with Gasteiger partial charge in [-0.25, -0.2) is 0 Å². The summed E-state index contributed by atoms with van der Waals surface area (Å²) in [5, 5.41) is 0. The summed E-state index contributed by atoms with van der Waals surface area (Å²) in [6, 6.07) is 30.0. The molecule has 7 aromatic heterocycles. The zero-order chi connectivity index (χ0) is 67.2. The summed E-state index contributed by atoms with van der Waals surface area (Å²) >= 11 is 0. The molecule has 7 fully saturated rings. The Morgan fingerprint density at radius 3 is 0.464 bits per heavy atom. The van der Waals surface area contributed by atoms with Crippen LogP contribution in [0.3, 0.4) is 0 Å². The minimum Gasteiger partial charge on any atom is -0.303 e. The number of hydrogen-bond donors (Lipinski definition) is 0. The van der Waals surface area contributed by atoms with Crippen molar-refractivity contribution in [1.29, 1.82) is 0 Å². The summed E-state index contributed by atoms with van der Waals surface area (Å²) in [6.45, 7) is 40.8. The van der Waals surface area contributed by atoms with Gasteiger partial charge in [-0.3, -0.25) is 34.9 Å². The van der Waals surface area contributed by atoms with Crippen molar-refractivity contribution in [2.24, 2.45) is 0 Å². The van der Waals surface area contributed by atoms with E-state index in [0.29, 0.717) is 0 Å². The summed E-state index contributed by atoms with van der Waals surface area (Å²) in [6.07, 6.45) is 37.9. The molecule has 0 spiro atoms. The number of nitrogens with zero attached hydrogens (tertiary/aromatic N) is 14. The number of rotatable bonds is 21. The van der Waals surface area contributed by atoms with Gasteiger partial charge < -0.3 is 34.3 Å². The van der Waals surface area contributed by atoms with Crippen LogP contribution >= 0.6 is 0 Å². The van der Waals surface area contributed by atoms with Gasteiger partial charge in [0.15, 0.2) is 0 Å². The molecule has 7 aromatic rings. The maximum Gasteiger partial charge on any atom is 0.0416 e. The largest absolute Gasteiger partial charge is 0.303 e. The molecule has 14 heteroatoms. The number of hydrogen-bond acceptors (Lipinski definition) is 14. The number of aromatic nitrogens is 7. The molecule has 14 rings (SSSR count). The standard InChI is InChI=1S/C13H20N2.4C12H18N2.C11H16N2.C10H14N2.CH4/c1-12-5-6-13(14-11-12)7-10-15-8-3-2-4-9-15;4*1-11-4-5-12(13-10-11)6-9-14-7-2-3-8-14;1-10-3-4-11(12-9-10)5-8-13-6-2-7-13;1-9-2-3-10(11-8-9)4-5-12-6-7-12;/h5-6,11H,2-4,7-10H2,1H3;4*4-5,10H,2-3,6-9H2,1H3;3-4,9H,2,5-8H2,1H3;2-3,8H,4-7H2,1H3;1H4. The van der Waals surface area contributed by atoms with Gasteiger partial charge in [-0.2, -0.15) is 0 Å². The molecule has 0 atom stereocenters. The third-order valence-corrected chi connectivity index (χ3v) is 19.3. The average Bonchev–Trinajstić information content (AvgIpc) is 3.14. The molecule has 0 N–H and O–H groups in total. The molecule has 0 aliphatic carbocycles. The summed E-state index contributed by atoms with van der Waals surface area (Å²) in [5.41, 5.74) is 17.3. The number of pyridine rings is 7. The molecule has 0 aromatic carbocycles. The Morgan fingerprint density at radius 2 is 0.340 bits per heavy atom. The molecule has 0 bridgehead atoms. The van der Waals surface area contributed by atoms with Crippen LogP contribution < -0.4 is 0 Å². The van der Waals surface area contributed by atoms with Gasteiger partial charge in [0.25, 0.3) is 0 Å². The zero-order valence-electron chi connectivity index (χ0n) is 60.7. The first-order valence-electron chi connectivity index (χ1n) is 37.4. The average molecular weight is 1320 g/mol. The van der Waals surface area contributed by atoms with Gasteiger partial charge in [0, 0.05) is 187 Å². The SMILES string of the molecule is C.Cc1ccc(CCN2CC2)nc1.Cc1ccc(CCN2CCC2)nc1.Cc1ccc(CCN2CCCC2)nc1.Cc1ccc(CCN2CCCC2)nc1.Cc1ccc(CCN2CCCC2)nc1.Cc1ccc(CCN2CCCC2)nc1.Cc1ccc(CCN2CCCCC2)nc1. The Morgan fingerprint density at radius 1 is 0.196 bits per heavy atom. The van der Waals surface area contributed by atoms with Crippen molar-refractivity contribution in [3.63, 3.8) is 0 Å². The normalized spacial score (nSPS) is 17.2. The lowest BCUT2D eigenvalue weighted by Gasteiger charge is -2.30. The maximum atomic E-state index is 4.44. The van der Waals surface area contributed by atoms with Crippen molar-refractivity contribution in [3.05, 3.63) is 207 Å². The van der Waals surface area contributed by atoms with Gasteiger partial charge in [-0.05, 0) is 279 Å². The quantitative estimate of drug-likeness (QED) is 0.0636. The highest BCUT2D eigenvalue weighted by Gasteiger charge is 2.18. The van der Waals surface area contributed by atoms with Crippen LogP contribution in [-0.4, -0.2) is 207 Å². The van der Waals surface area contributed by atoms with Crippen molar-refractivity contribution in [2.75, 3.05) is 137 Å². The van der Waals surface area contributed by atoms with Gasteiger partial charge in [-0.15, -0.1) is 0 Å². The lowest BCUT2D eigenvalue weighted by molar-refractivity contribution is 0.183. The van der Waals surface area contributed by atoms with E-state index < -0.39 is 0 Å². The molecule has 7 aliphatic rings. The number of aryl methyl sites for hydroxylation is 7. The molecule has 0 radical (unpaired) electrons. The van der Waals surface area contributed by atoms with Gasteiger partial charge in [0.1, 0.15) is 0 Å². The van der Waals surface area contributed by atoms with E-state index in [1.807, 2.05) is 43.4 Å². The van der Waals surface area contributed by atoms with Crippen molar-refractivity contribution in [2.45, 2.75) is 178 Å². The zero-order valence-corrected chi connectivity index (χ0v) is 60.7. The second-order valence-corrected chi connectivity index (χ2v) is 28.2. The summed E-state index contributed by atoms with van der Waals surface area (Å²) < 4.78 is 0. The van der Waals surface area contributed by atoms with E-state index in [2.05, 4.69) is 203 Å². The Balaban J connectivity index is 0.000000159. The van der Waals surface area contributed by atoms with E-state index in [9.17, 15) is 0 Å². The first kappa shape index (κ1) is 78.1. The Bertz CT molecular complexity index is 2840. The highest BCUT2D eigenvalue weighted by Crippen LogP contribution is 2.15. The van der Waals surface area contributed by atoms with Crippen LogP contribution in [0.4, 0.5) is 0 Å². The van der Waals surface area contributed by atoms with Crippen LogP contribution in [0.15, 0.2) is 128 Å². The van der Waals surface area contributed by atoms with Gasteiger partial charge >= 0.3 is 0 Å². The minimum atomic E-state index is 0. The third kappa shape index (κ3) is 33.5. The minimum absolute atomic E-state index is 0. The van der Waals surface area contributed by atoms with E-state index in [0.717, 1.165) is 44.9 Å². The molecule has 528 valence electrons. The van der Waals surface area contributed by atoms with Crippen LogP contribution in [-0.2, 0) is 44.9 Å². The third-order valence-electron chi connectivity index (χ3n) is 19.3. The van der Waals surface area contributed by atoms with Gasteiger partial charge in [0.05, 0.1) is 0 Å². The van der Waals surface area contributed by atoms with Crippen LogP contribution in [0.25, 0.3) is 0 Å². The Hall–Kier alpha value is -6.23. The highest BCUT2D eigenvalue weighted by atomic mass is 15.3. The predicted octanol–water partition coefficient (Wildman–Crippen LogP) is 14.1. The summed E-state index contributed by atoms with van der Waals surface area (Å²) in [7, 11) is 0. The molecular weight excluding hydrogens is 1190 g/mol. The molecular formula is C83H126N14. The fourth-order valence-corrected chi connectivity index (χ4v) is 12.5. The van der Waals surface area contributed by atoms with E-state index in [4.69, 9.17) is 0 Å². The number of piperidine rings is 1. The molecule has 14 nitrogen and oxygen atoms in total. The lowest BCUT2D eigenvalue weighted by Crippen LogP contribution is -2.38. The monoisotopic (exact) mass is 1320 g/mol. The van der Waals surface area contributed by atoms with Crippen LogP contribution in [0.1, 0.15) is 163 Å². The summed E-state index contributed by atoms with van der Waals surface area (Å²) in [4.78, 5) is 48.4. The van der Waals surface area contributed by atoms with Crippen molar-refractivity contribution >= 4 is 0 Å².